The number of nitrogens with one attached hydrogen (secondary N) is 1. The summed E-state index contributed by atoms with van der Waals surface area (Å²) < 4.78 is 5.16. The Morgan fingerprint density at radius 3 is 2.81 bits per heavy atom. The highest BCUT2D eigenvalue weighted by Crippen LogP contribution is 2.18. The molecule has 1 heterocycles. The quantitative estimate of drug-likeness (QED) is 0.898. The van der Waals surface area contributed by atoms with Crippen LogP contribution in [0.3, 0.4) is 0 Å². The Labute approximate surface area is 123 Å². The van der Waals surface area contributed by atoms with Crippen LogP contribution in [0.25, 0.3) is 10.8 Å². The molecule has 1 saturated heterocycles. The highest BCUT2D eigenvalue weighted by atomic mass is 16.5. The Kier molecular flexibility index (Phi) is 3.90. The van der Waals surface area contributed by atoms with E-state index in [-0.39, 0.29) is 12.5 Å². The topological polar surface area (TPSA) is 58.6 Å². The van der Waals surface area contributed by atoms with Crippen molar-refractivity contribution in [2.75, 3.05) is 19.8 Å². The Hall–Kier alpha value is -1.91. The Bertz CT molecular complexity index is 647. The van der Waals surface area contributed by atoms with Gasteiger partial charge in [-0.1, -0.05) is 42.5 Å². The largest absolute Gasteiger partial charge is 0.386 e. The molecule has 4 nitrogen and oxygen atoms in total. The molecule has 110 valence electrons. The number of benzene rings is 2. The number of ether oxygens (including phenoxy) is 1. The van der Waals surface area contributed by atoms with Gasteiger partial charge in [0.15, 0.2) is 0 Å². The zero-order chi connectivity index (χ0) is 14.7. The number of rotatable bonds is 4. The fourth-order valence-electron chi connectivity index (χ4n) is 2.60. The summed E-state index contributed by atoms with van der Waals surface area (Å²) >= 11 is 0. The zero-order valence-electron chi connectivity index (χ0n) is 11.8. The molecular weight excluding hydrogens is 266 g/mol. The number of carbonyl (C=O) groups is 1. The van der Waals surface area contributed by atoms with Crippen molar-refractivity contribution in [3.05, 3.63) is 48.0 Å². The smallest absolute Gasteiger partial charge is 0.224 e. The van der Waals surface area contributed by atoms with Gasteiger partial charge in [0, 0.05) is 19.6 Å². The SMILES string of the molecule is O=C(Cc1ccc2ccccc2c1)NCC1(O)CCOC1. The lowest BCUT2D eigenvalue weighted by Crippen LogP contribution is -2.43. The third-order valence-electron chi connectivity index (χ3n) is 3.88. The fourth-order valence-corrected chi connectivity index (χ4v) is 2.60. The maximum absolute atomic E-state index is 12.0. The minimum atomic E-state index is -0.904. The van der Waals surface area contributed by atoms with Crippen molar-refractivity contribution in [2.45, 2.75) is 18.4 Å². The van der Waals surface area contributed by atoms with Gasteiger partial charge < -0.3 is 15.2 Å². The van der Waals surface area contributed by atoms with Crippen LogP contribution in [0.4, 0.5) is 0 Å². The van der Waals surface area contributed by atoms with E-state index in [0.29, 0.717) is 26.1 Å². The number of hydrogen-bond donors (Lipinski definition) is 2. The molecule has 0 aliphatic carbocycles. The van der Waals surface area contributed by atoms with E-state index in [1.165, 1.54) is 5.39 Å². The molecule has 21 heavy (non-hydrogen) atoms. The molecule has 1 aliphatic rings. The van der Waals surface area contributed by atoms with E-state index in [4.69, 9.17) is 4.74 Å². The Balaban J connectivity index is 1.60. The molecule has 0 spiro atoms. The predicted octanol–water partition coefficient (Wildman–Crippen LogP) is 1.65. The first kappa shape index (κ1) is 14.0. The maximum Gasteiger partial charge on any atom is 0.224 e. The van der Waals surface area contributed by atoms with Crippen molar-refractivity contribution in [1.82, 2.24) is 5.32 Å². The van der Waals surface area contributed by atoms with Crippen LogP contribution in [0.15, 0.2) is 42.5 Å². The van der Waals surface area contributed by atoms with Crippen molar-refractivity contribution >= 4 is 16.7 Å². The lowest BCUT2D eigenvalue weighted by atomic mass is 10.0. The molecule has 0 aromatic heterocycles. The molecule has 1 atom stereocenters. The van der Waals surface area contributed by atoms with Crippen LogP contribution in [0.1, 0.15) is 12.0 Å². The summed E-state index contributed by atoms with van der Waals surface area (Å²) in [5.74, 6) is -0.0781. The molecule has 2 aromatic carbocycles. The third-order valence-corrected chi connectivity index (χ3v) is 3.88. The first-order chi connectivity index (χ1) is 10.1. The molecule has 0 bridgehead atoms. The third kappa shape index (κ3) is 3.40. The molecule has 1 fully saturated rings. The lowest BCUT2D eigenvalue weighted by Gasteiger charge is -2.20. The average Bonchev–Trinajstić information content (AvgIpc) is 2.92. The van der Waals surface area contributed by atoms with Crippen LogP contribution in [-0.4, -0.2) is 36.4 Å². The van der Waals surface area contributed by atoms with Crippen molar-refractivity contribution in [3.8, 4) is 0 Å². The van der Waals surface area contributed by atoms with Crippen molar-refractivity contribution < 1.29 is 14.6 Å². The molecule has 1 aliphatic heterocycles. The number of aliphatic hydroxyl groups is 1. The summed E-state index contributed by atoms with van der Waals surface area (Å²) in [7, 11) is 0. The monoisotopic (exact) mass is 285 g/mol. The van der Waals surface area contributed by atoms with Crippen LogP contribution >= 0.6 is 0 Å². The van der Waals surface area contributed by atoms with Gasteiger partial charge in [0.25, 0.3) is 0 Å². The summed E-state index contributed by atoms with van der Waals surface area (Å²) in [5, 5.41) is 15.2. The summed E-state index contributed by atoms with van der Waals surface area (Å²) in [6.45, 7) is 1.10. The van der Waals surface area contributed by atoms with Gasteiger partial charge in [0.05, 0.1) is 13.0 Å². The molecule has 2 aromatic rings. The van der Waals surface area contributed by atoms with Gasteiger partial charge >= 0.3 is 0 Å². The predicted molar refractivity (Wildman–Crippen MR) is 81.0 cm³/mol. The molecule has 3 rings (SSSR count). The van der Waals surface area contributed by atoms with Gasteiger partial charge in [-0.25, -0.2) is 0 Å². The van der Waals surface area contributed by atoms with Crippen LogP contribution < -0.4 is 5.32 Å². The Morgan fingerprint density at radius 2 is 2.05 bits per heavy atom. The molecular formula is C17H19NO3. The standard InChI is InChI=1S/C17H19NO3/c19-16(18-11-17(20)7-8-21-12-17)10-13-5-6-14-3-1-2-4-15(14)9-13/h1-6,9,20H,7-8,10-12H2,(H,18,19). The van der Waals surface area contributed by atoms with Crippen LogP contribution in [0, 0.1) is 0 Å². The van der Waals surface area contributed by atoms with E-state index >= 15 is 0 Å². The summed E-state index contributed by atoms with van der Waals surface area (Å²) in [5.41, 5.74) is 0.0693. The van der Waals surface area contributed by atoms with Crippen LogP contribution in [0.5, 0.6) is 0 Å². The van der Waals surface area contributed by atoms with Gasteiger partial charge in [0.2, 0.25) is 5.91 Å². The van der Waals surface area contributed by atoms with Gasteiger partial charge in [-0.15, -0.1) is 0 Å². The number of carbonyl (C=O) groups excluding carboxylic acids is 1. The highest BCUT2D eigenvalue weighted by molar-refractivity contribution is 5.85. The number of amides is 1. The maximum atomic E-state index is 12.0. The molecule has 0 radical (unpaired) electrons. The molecule has 1 unspecified atom stereocenters. The molecule has 1 amide bonds. The lowest BCUT2D eigenvalue weighted by molar-refractivity contribution is -0.121. The van der Waals surface area contributed by atoms with E-state index in [9.17, 15) is 9.90 Å². The van der Waals surface area contributed by atoms with E-state index < -0.39 is 5.60 Å². The second kappa shape index (κ2) is 5.84. The van der Waals surface area contributed by atoms with Crippen molar-refractivity contribution in [1.29, 1.82) is 0 Å². The Morgan fingerprint density at radius 1 is 1.24 bits per heavy atom. The van der Waals surface area contributed by atoms with E-state index in [1.807, 2.05) is 36.4 Å². The van der Waals surface area contributed by atoms with Crippen molar-refractivity contribution in [3.63, 3.8) is 0 Å². The molecule has 4 heteroatoms. The van der Waals surface area contributed by atoms with E-state index in [0.717, 1.165) is 10.9 Å². The van der Waals surface area contributed by atoms with Gasteiger partial charge in [-0.05, 0) is 16.3 Å². The zero-order valence-corrected chi connectivity index (χ0v) is 11.8. The van der Waals surface area contributed by atoms with Gasteiger partial charge in [0.1, 0.15) is 5.60 Å². The summed E-state index contributed by atoms with van der Waals surface area (Å²) in [6.07, 6.45) is 0.894. The molecule has 0 saturated carbocycles. The average molecular weight is 285 g/mol. The van der Waals surface area contributed by atoms with Crippen LogP contribution in [0.2, 0.25) is 0 Å². The van der Waals surface area contributed by atoms with Gasteiger partial charge in [-0.2, -0.15) is 0 Å². The minimum Gasteiger partial charge on any atom is -0.386 e. The first-order valence-electron chi connectivity index (χ1n) is 7.19. The van der Waals surface area contributed by atoms with Gasteiger partial charge in [-0.3, -0.25) is 4.79 Å². The molecule has 2 N–H and O–H groups in total. The summed E-state index contributed by atoms with van der Waals surface area (Å²) in [6, 6.07) is 14.1. The number of fused-ring (bicyclic) bond motifs is 1. The van der Waals surface area contributed by atoms with E-state index in [2.05, 4.69) is 11.4 Å². The van der Waals surface area contributed by atoms with Crippen LogP contribution in [-0.2, 0) is 16.0 Å². The second-order valence-electron chi connectivity index (χ2n) is 5.66. The summed E-state index contributed by atoms with van der Waals surface area (Å²) in [4.78, 5) is 12.0. The highest BCUT2D eigenvalue weighted by Gasteiger charge is 2.32. The van der Waals surface area contributed by atoms with E-state index in [1.54, 1.807) is 0 Å². The second-order valence-corrected chi connectivity index (χ2v) is 5.66. The normalized spacial score (nSPS) is 21.6. The number of hydrogen-bond acceptors (Lipinski definition) is 3. The first-order valence-corrected chi connectivity index (χ1v) is 7.19. The minimum absolute atomic E-state index is 0.0781. The van der Waals surface area contributed by atoms with Crippen molar-refractivity contribution in [2.24, 2.45) is 0 Å². The fraction of sp³-hybridized carbons (Fsp3) is 0.353.